The Labute approximate surface area is 158 Å². The fourth-order valence-electron chi connectivity index (χ4n) is 2.92. The lowest BCUT2D eigenvalue weighted by atomic mass is 10.0. The molecule has 0 amide bonds. The van der Waals surface area contributed by atoms with Crippen molar-refractivity contribution in [1.82, 2.24) is 0 Å². The van der Waals surface area contributed by atoms with Crippen LogP contribution >= 0.6 is 11.6 Å². The second-order valence-corrected chi connectivity index (χ2v) is 7.12. The molecule has 0 fully saturated rings. The Morgan fingerprint density at radius 2 is 1.44 bits per heavy atom. The Kier molecular flexibility index (Phi) is 8.90. The van der Waals surface area contributed by atoms with Crippen LogP contribution in [0.2, 0.25) is 5.02 Å². The average Bonchev–Trinajstić information content (AvgIpc) is 2.63. The Morgan fingerprint density at radius 1 is 0.760 bits per heavy atom. The molecule has 2 aromatic rings. The van der Waals surface area contributed by atoms with E-state index in [1.807, 2.05) is 12.1 Å². The van der Waals surface area contributed by atoms with Crippen molar-refractivity contribution in [2.75, 3.05) is 6.61 Å². The lowest BCUT2D eigenvalue weighted by molar-refractivity contribution is 0.309. The third-order valence-corrected chi connectivity index (χ3v) is 4.84. The first-order valence-corrected chi connectivity index (χ1v) is 10.1. The Hall–Kier alpha value is -1.47. The molecule has 1 nitrogen and oxygen atoms in total. The molecular weight excluding hydrogens is 328 g/mol. The topological polar surface area (TPSA) is 9.23 Å². The van der Waals surface area contributed by atoms with Gasteiger partial charge >= 0.3 is 0 Å². The predicted octanol–water partition coefficient (Wildman–Crippen LogP) is 7.70. The summed E-state index contributed by atoms with van der Waals surface area (Å²) in [5.74, 6) is 0.780. The van der Waals surface area contributed by atoms with Crippen molar-refractivity contribution >= 4 is 11.6 Å². The van der Waals surface area contributed by atoms with Gasteiger partial charge in [0, 0.05) is 0 Å². The maximum Gasteiger partial charge on any atom is 0.137 e. The van der Waals surface area contributed by atoms with Crippen LogP contribution in [0.15, 0.2) is 42.5 Å². The Morgan fingerprint density at radius 3 is 2.12 bits per heavy atom. The van der Waals surface area contributed by atoms with Crippen LogP contribution in [0.4, 0.5) is 0 Å². The largest absolute Gasteiger partial charge is 0.492 e. The number of rotatable bonds is 11. The van der Waals surface area contributed by atoms with Crippen LogP contribution in [0.3, 0.4) is 0 Å². The van der Waals surface area contributed by atoms with E-state index in [4.69, 9.17) is 16.3 Å². The molecule has 0 aromatic heterocycles. The summed E-state index contributed by atoms with van der Waals surface area (Å²) in [4.78, 5) is 0. The van der Waals surface area contributed by atoms with Crippen molar-refractivity contribution in [1.29, 1.82) is 0 Å². The summed E-state index contributed by atoms with van der Waals surface area (Å²) in [6.07, 6.45) is 10.0. The zero-order chi connectivity index (χ0) is 17.9. The van der Waals surface area contributed by atoms with Crippen molar-refractivity contribution in [3.63, 3.8) is 0 Å². The minimum absolute atomic E-state index is 0.689. The highest BCUT2D eigenvalue weighted by atomic mass is 35.5. The van der Waals surface area contributed by atoms with Gasteiger partial charge in [0.2, 0.25) is 0 Å². The molecule has 0 radical (unpaired) electrons. The summed E-state index contributed by atoms with van der Waals surface area (Å²) >= 11 is 6.37. The molecule has 0 N–H and O–H groups in total. The van der Waals surface area contributed by atoms with E-state index in [9.17, 15) is 0 Å². The zero-order valence-electron chi connectivity index (χ0n) is 15.7. The van der Waals surface area contributed by atoms with E-state index in [1.165, 1.54) is 49.7 Å². The van der Waals surface area contributed by atoms with Gasteiger partial charge in [-0.3, -0.25) is 0 Å². The van der Waals surface area contributed by atoms with Gasteiger partial charge < -0.3 is 4.74 Å². The van der Waals surface area contributed by atoms with Gasteiger partial charge in [0.15, 0.2) is 0 Å². The van der Waals surface area contributed by atoms with E-state index in [1.54, 1.807) is 0 Å². The first-order valence-electron chi connectivity index (χ1n) is 9.76. The summed E-state index contributed by atoms with van der Waals surface area (Å²) < 4.78 is 5.73. The molecule has 0 saturated carbocycles. The van der Waals surface area contributed by atoms with Crippen LogP contribution in [0.1, 0.15) is 64.4 Å². The van der Waals surface area contributed by atoms with E-state index < -0.39 is 0 Å². The van der Waals surface area contributed by atoms with Crippen LogP contribution in [-0.2, 0) is 6.42 Å². The fraction of sp³-hybridized carbons (Fsp3) is 0.478. The van der Waals surface area contributed by atoms with Gasteiger partial charge in [-0.2, -0.15) is 0 Å². The molecule has 25 heavy (non-hydrogen) atoms. The summed E-state index contributed by atoms with van der Waals surface area (Å²) in [6.45, 7) is 5.14. The van der Waals surface area contributed by atoms with Gasteiger partial charge in [0.05, 0.1) is 11.6 Å². The molecule has 0 unspecified atom stereocenters. The van der Waals surface area contributed by atoms with Crippen LogP contribution in [0.5, 0.6) is 5.75 Å². The number of hydrogen-bond acceptors (Lipinski definition) is 1. The monoisotopic (exact) mass is 358 g/mol. The minimum atomic E-state index is 0.689. The summed E-state index contributed by atoms with van der Waals surface area (Å²) in [7, 11) is 0. The summed E-state index contributed by atoms with van der Waals surface area (Å²) in [6, 6.07) is 15.0. The first kappa shape index (κ1) is 19.8. The van der Waals surface area contributed by atoms with Crippen LogP contribution in [0, 0.1) is 0 Å². The molecule has 2 aromatic carbocycles. The highest BCUT2D eigenvalue weighted by Crippen LogP contribution is 2.30. The van der Waals surface area contributed by atoms with E-state index in [-0.39, 0.29) is 0 Å². The van der Waals surface area contributed by atoms with Crippen molar-refractivity contribution in [2.45, 2.75) is 65.2 Å². The van der Waals surface area contributed by atoms with Gasteiger partial charge in [-0.25, -0.2) is 0 Å². The molecule has 0 spiro atoms. The number of aryl methyl sites for hydroxylation is 1. The molecule has 2 rings (SSSR count). The predicted molar refractivity (Wildman–Crippen MR) is 110 cm³/mol. The SMILES string of the molecule is CCCCCCCc1ccc(-c2ccc(OCCCC)c(Cl)c2)cc1. The summed E-state index contributed by atoms with van der Waals surface area (Å²) in [5, 5.41) is 0.689. The normalized spacial score (nSPS) is 10.8. The van der Waals surface area contributed by atoms with Crippen molar-refractivity contribution in [2.24, 2.45) is 0 Å². The molecule has 0 atom stereocenters. The smallest absolute Gasteiger partial charge is 0.137 e. The van der Waals surface area contributed by atoms with E-state index in [0.717, 1.165) is 30.8 Å². The standard InChI is InChI=1S/C23H31ClO/c1-3-5-7-8-9-10-19-11-13-20(14-12-19)21-15-16-23(22(24)18-21)25-17-6-4-2/h11-16,18H,3-10,17H2,1-2H3. The molecule has 0 aliphatic heterocycles. The van der Waals surface area contributed by atoms with Gasteiger partial charge in [0.1, 0.15) is 5.75 Å². The molecule has 0 bridgehead atoms. The van der Waals surface area contributed by atoms with Gasteiger partial charge in [-0.15, -0.1) is 0 Å². The lowest BCUT2D eigenvalue weighted by Crippen LogP contribution is -1.97. The second-order valence-electron chi connectivity index (χ2n) is 6.71. The molecule has 0 aliphatic rings. The third kappa shape index (κ3) is 6.74. The number of benzene rings is 2. The van der Waals surface area contributed by atoms with E-state index in [2.05, 4.69) is 44.2 Å². The molecule has 0 aliphatic carbocycles. The third-order valence-electron chi connectivity index (χ3n) is 4.54. The lowest BCUT2D eigenvalue weighted by Gasteiger charge is -2.10. The molecule has 136 valence electrons. The number of hydrogen-bond donors (Lipinski definition) is 0. The zero-order valence-corrected chi connectivity index (χ0v) is 16.4. The first-order chi connectivity index (χ1) is 12.2. The maximum atomic E-state index is 6.37. The van der Waals surface area contributed by atoms with Gasteiger partial charge in [0.25, 0.3) is 0 Å². The van der Waals surface area contributed by atoms with Gasteiger partial charge in [-0.05, 0) is 48.1 Å². The summed E-state index contributed by atoms with van der Waals surface area (Å²) in [5.41, 5.74) is 3.77. The van der Waals surface area contributed by atoms with Crippen molar-refractivity contribution in [3.05, 3.63) is 53.1 Å². The maximum absolute atomic E-state index is 6.37. The highest BCUT2D eigenvalue weighted by molar-refractivity contribution is 6.32. The van der Waals surface area contributed by atoms with E-state index >= 15 is 0 Å². The van der Waals surface area contributed by atoms with E-state index in [0.29, 0.717) is 5.02 Å². The van der Waals surface area contributed by atoms with Crippen molar-refractivity contribution in [3.8, 4) is 16.9 Å². The average molecular weight is 359 g/mol. The highest BCUT2D eigenvalue weighted by Gasteiger charge is 2.05. The second kappa shape index (κ2) is 11.2. The Bertz CT molecular complexity index is 618. The van der Waals surface area contributed by atoms with Crippen molar-refractivity contribution < 1.29 is 4.74 Å². The molecule has 0 saturated heterocycles. The Balaban J connectivity index is 1.91. The fourth-order valence-corrected chi connectivity index (χ4v) is 3.16. The minimum Gasteiger partial charge on any atom is -0.492 e. The van der Waals surface area contributed by atoms with Gasteiger partial charge in [-0.1, -0.05) is 87.9 Å². The molecular formula is C23H31ClO. The van der Waals surface area contributed by atoms with Crippen LogP contribution in [-0.4, -0.2) is 6.61 Å². The number of unbranched alkanes of at least 4 members (excludes halogenated alkanes) is 5. The molecule has 0 heterocycles. The van der Waals surface area contributed by atoms with Crippen LogP contribution in [0.25, 0.3) is 11.1 Å². The van der Waals surface area contributed by atoms with Crippen LogP contribution < -0.4 is 4.74 Å². The number of halogens is 1. The quantitative estimate of drug-likeness (QED) is 0.374. The molecule has 2 heteroatoms. The number of ether oxygens (including phenoxy) is 1.